The number of β-lactam (4-membered cyclic amide) rings is 1. The van der Waals surface area contributed by atoms with Gasteiger partial charge < -0.3 is 13.7 Å². The number of carbonyl (C=O) groups is 2. The molecule has 0 radical (unpaired) electrons. The molecule has 2 aliphatic heterocycles. The number of fused-ring (bicyclic) bond motifs is 1. The minimum Gasteiger partial charge on any atom is -0.464 e. The Bertz CT molecular complexity index is 1240. The number of amides is 1. The highest BCUT2D eigenvalue weighted by molar-refractivity contribution is 7.74. The molecule has 1 unspecified atom stereocenters. The van der Waals surface area contributed by atoms with Crippen molar-refractivity contribution in [2.45, 2.75) is 64.9 Å². The molecule has 0 spiro atoms. The quantitative estimate of drug-likeness (QED) is 0.193. The number of hydrogen-bond donors (Lipinski definition) is 0. The molecule has 0 bridgehead atoms. The molecule has 2 aromatic rings. The fourth-order valence-electron chi connectivity index (χ4n) is 5.07. The monoisotopic (exact) mass is 555 g/mol. The van der Waals surface area contributed by atoms with Gasteiger partial charge in [0.05, 0.1) is 35.8 Å². The van der Waals surface area contributed by atoms with E-state index in [0.717, 1.165) is 0 Å². The number of rotatable bonds is 8. The lowest BCUT2D eigenvalue weighted by Crippen LogP contribution is -2.65. The second kappa shape index (κ2) is 10.1. The molecule has 0 N–H and O–H groups in total. The molecule has 4 atom stereocenters. The van der Waals surface area contributed by atoms with Gasteiger partial charge in [0, 0.05) is 5.92 Å². The van der Waals surface area contributed by atoms with Crippen molar-refractivity contribution in [2.24, 2.45) is 11.8 Å². The normalized spacial score (nSPS) is 22.6. The van der Waals surface area contributed by atoms with Gasteiger partial charge in [0.2, 0.25) is 5.91 Å². The lowest BCUT2D eigenvalue weighted by molar-refractivity contribution is -0.163. The molecule has 1 amide bonds. The summed E-state index contributed by atoms with van der Waals surface area (Å²) in [4.78, 5) is 28.0. The van der Waals surface area contributed by atoms with Crippen molar-refractivity contribution in [3.63, 3.8) is 0 Å². The second-order valence-corrected chi connectivity index (χ2v) is 18.7. The molecule has 0 aromatic heterocycles. The zero-order valence-electron chi connectivity index (χ0n) is 23.4. The van der Waals surface area contributed by atoms with Crippen LogP contribution in [0.4, 0.5) is 0 Å². The lowest BCUT2D eigenvalue weighted by Gasteiger charge is -2.49. The van der Waals surface area contributed by atoms with Crippen LogP contribution in [-0.4, -0.2) is 44.3 Å². The standard InChI is InChI=1S/C29H38NO6PSi/c1-19-24-23(20(2)36-38(7,8)29(3,4)5)27(31)30(24)25(28(32)34-6)26(19)35-37(33,21-15-11-9-12-16-21)22-17-13-10-14-18-22/h9-20,23-24H,1-8H3/t19-,20?,23+,24-/m1/s1. The van der Waals surface area contributed by atoms with E-state index in [0.29, 0.717) is 10.6 Å². The number of ether oxygens (including phenoxy) is 1. The number of benzene rings is 2. The van der Waals surface area contributed by atoms with Gasteiger partial charge in [-0.2, -0.15) is 0 Å². The van der Waals surface area contributed by atoms with Crippen LogP contribution in [0.25, 0.3) is 0 Å². The number of nitrogens with zero attached hydrogens (tertiary/aromatic N) is 1. The summed E-state index contributed by atoms with van der Waals surface area (Å²) in [6.07, 6.45) is -0.347. The Kier molecular flexibility index (Phi) is 7.56. The SMILES string of the molecule is COC(=O)C1=C(OP(=O)(c2ccccc2)c2ccccc2)[C@H](C)[C@@H]2[C@H](C(C)O[Si](C)(C)C(C)(C)C)C(=O)N12. The van der Waals surface area contributed by atoms with Crippen LogP contribution in [0.1, 0.15) is 34.6 Å². The molecule has 0 aliphatic carbocycles. The molecule has 2 heterocycles. The number of hydrogen-bond acceptors (Lipinski definition) is 6. The van der Waals surface area contributed by atoms with Gasteiger partial charge in [-0.15, -0.1) is 0 Å². The topological polar surface area (TPSA) is 82.1 Å². The third-order valence-electron chi connectivity index (χ3n) is 8.18. The highest BCUT2D eigenvalue weighted by Gasteiger charge is 2.62. The van der Waals surface area contributed by atoms with Crippen molar-refractivity contribution in [3.05, 3.63) is 72.1 Å². The molecule has 204 valence electrons. The zero-order valence-corrected chi connectivity index (χ0v) is 25.3. The molecule has 9 heteroatoms. The van der Waals surface area contributed by atoms with Crippen molar-refractivity contribution in [2.75, 3.05) is 7.11 Å². The lowest BCUT2D eigenvalue weighted by atomic mass is 9.79. The summed E-state index contributed by atoms with van der Waals surface area (Å²) in [6, 6.07) is 17.5. The van der Waals surface area contributed by atoms with E-state index >= 15 is 0 Å². The van der Waals surface area contributed by atoms with Crippen LogP contribution in [0, 0.1) is 11.8 Å². The number of methoxy groups -OCH3 is 1. The van der Waals surface area contributed by atoms with Gasteiger partial charge in [-0.25, -0.2) is 4.79 Å². The first-order valence-electron chi connectivity index (χ1n) is 13.0. The first kappa shape index (κ1) is 28.3. The van der Waals surface area contributed by atoms with Crippen LogP contribution in [0.3, 0.4) is 0 Å². The number of esters is 1. The van der Waals surface area contributed by atoms with E-state index in [4.69, 9.17) is 13.7 Å². The second-order valence-electron chi connectivity index (χ2n) is 11.6. The van der Waals surface area contributed by atoms with Crippen LogP contribution in [0.5, 0.6) is 0 Å². The fraction of sp³-hybridized carbons (Fsp3) is 0.448. The van der Waals surface area contributed by atoms with Crippen LogP contribution in [-0.2, 0) is 27.8 Å². The van der Waals surface area contributed by atoms with Crippen molar-refractivity contribution in [3.8, 4) is 0 Å². The van der Waals surface area contributed by atoms with Crippen molar-refractivity contribution in [1.82, 2.24) is 4.90 Å². The third-order valence-corrected chi connectivity index (χ3v) is 15.2. The van der Waals surface area contributed by atoms with Crippen molar-refractivity contribution in [1.29, 1.82) is 0 Å². The predicted molar refractivity (Wildman–Crippen MR) is 151 cm³/mol. The van der Waals surface area contributed by atoms with E-state index in [1.165, 1.54) is 12.0 Å². The molecule has 0 saturated carbocycles. The maximum absolute atomic E-state index is 14.7. The van der Waals surface area contributed by atoms with Gasteiger partial charge in [-0.1, -0.05) is 64.1 Å². The molecule has 1 fully saturated rings. The average Bonchev–Trinajstić information content (AvgIpc) is 3.11. The Morgan fingerprint density at radius 1 is 1.00 bits per heavy atom. The van der Waals surface area contributed by atoms with Gasteiger partial charge >= 0.3 is 13.3 Å². The summed E-state index contributed by atoms with van der Waals surface area (Å²) in [7, 11) is -4.55. The Hall–Kier alpha value is -2.67. The molecular formula is C29H38NO6PSi. The molecular weight excluding hydrogens is 517 g/mol. The summed E-state index contributed by atoms with van der Waals surface area (Å²) in [6.45, 7) is 14.6. The summed E-state index contributed by atoms with van der Waals surface area (Å²) in [5.41, 5.74) is 0.0258. The maximum Gasteiger partial charge on any atom is 0.358 e. The van der Waals surface area contributed by atoms with E-state index in [1.807, 2.05) is 26.0 Å². The van der Waals surface area contributed by atoms with Crippen molar-refractivity contribution >= 4 is 38.2 Å². The first-order chi connectivity index (χ1) is 17.7. The molecule has 38 heavy (non-hydrogen) atoms. The Labute approximate surface area is 226 Å². The van der Waals surface area contributed by atoms with Gasteiger partial charge in [0.15, 0.2) is 14.0 Å². The maximum atomic E-state index is 14.7. The first-order valence-corrected chi connectivity index (χ1v) is 17.5. The summed E-state index contributed by atoms with van der Waals surface area (Å²) in [5, 5.41) is 0.986. The zero-order chi connectivity index (χ0) is 28.0. The van der Waals surface area contributed by atoms with Crippen LogP contribution < -0.4 is 10.6 Å². The Balaban J connectivity index is 1.74. The molecule has 1 saturated heterocycles. The van der Waals surface area contributed by atoms with E-state index < -0.39 is 33.5 Å². The minimum absolute atomic E-state index is 0.0171. The molecule has 7 nitrogen and oxygen atoms in total. The molecule has 4 rings (SSSR count). The molecule has 2 aliphatic rings. The minimum atomic E-state index is -3.67. The fourth-order valence-corrected chi connectivity index (χ4v) is 8.67. The van der Waals surface area contributed by atoms with Gasteiger partial charge in [-0.3, -0.25) is 14.3 Å². The smallest absolute Gasteiger partial charge is 0.358 e. The summed E-state index contributed by atoms with van der Waals surface area (Å²) < 4.78 is 32.8. The van der Waals surface area contributed by atoms with Gasteiger partial charge in [0.1, 0.15) is 5.76 Å². The average molecular weight is 556 g/mol. The van der Waals surface area contributed by atoms with E-state index in [-0.39, 0.29) is 34.5 Å². The van der Waals surface area contributed by atoms with Gasteiger partial charge in [0.25, 0.3) is 0 Å². The van der Waals surface area contributed by atoms with Gasteiger partial charge in [-0.05, 0) is 49.3 Å². The largest absolute Gasteiger partial charge is 0.464 e. The highest BCUT2D eigenvalue weighted by atomic mass is 31.2. The predicted octanol–water partition coefficient (Wildman–Crippen LogP) is 5.20. The summed E-state index contributed by atoms with van der Waals surface area (Å²) in [5.74, 6) is -1.52. The van der Waals surface area contributed by atoms with Crippen molar-refractivity contribution < 1.29 is 27.8 Å². The highest BCUT2D eigenvalue weighted by Crippen LogP contribution is 2.55. The Morgan fingerprint density at radius 2 is 1.50 bits per heavy atom. The van der Waals surface area contributed by atoms with E-state index in [2.05, 4.69) is 33.9 Å². The number of carbonyl (C=O) groups excluding carboxylic acids is 2. The van der Waals surface area contributed by atoms with Crippen LogP contribution >= 0.6 is 7.37 Å². The van der Waals surface area contributed by atoms with E-state index in [1.54, 1.807) is 48.5 Å². The van der Waals surface area contributed by atoms with Crippen LogP contribution in [0.15, 0.2) is 72.1 Å². The van der Waals surface area contributed by atoms with E-state index in [9.17, 15) is 14.2 Å². The third kappa shape index (κ3) is 4.67. The van der Waals surface area contributed by atoms with Crippen LogP contribution in [0.2, 0.25) is 18.1 Å². The Morgan fingerprint density at radius 3 is 1.95 bits per heavy atom. The molecule has 2 aromatic carbocycles. The summed E-state index contributed by atoms with van der Waals surface area (Å²) >= 11 is 0.